The number of hydrogen-bond donors (Lipinski definition) is 0. The SMILES string of the molecule is CN1CC[C@]23CCCC[C@H]2[C@H]1Cc1ccc(Oc2ccc(F)cc2)cc13.Cl. The van der Waals surface area contributed by atoms with Crippen molar-refractivity contribution in [3.63, 3.8) is 0 Å². The van der Waals surface area contributed by atoms with Crippen molar-refractivity contribution in [1.82, 2.24) is 4.90 Å². The quantitative estimate of drug-likeness (QED) is 0.652. The molecule has 2 aliphatic carbocycles. The zero-order chi connectivity index (χ0) is 17.7. The van der Waals surface area contributed by atoms with Crippen molar-refractivity contribution in [2.45, 2.75) is 50.0 Å². The fraction of sp³-hybridized carbons (Fsp3) is 0.478. The smallest absolute Gasteiger partial charge is 0.127 e. The summed E-state index contributed by atoms with van der Waals surface area (Å²) >= 11 is 0. The van der Waals surface area contributed by atoms with E-state index in [1.807, 2.05) is 0 Å². The Bertz CT molecular complexity index is 824. The van der Waals surface area contributed by atoms with Gasteiger partial charge in [-0.3, -0.25) is 0 Å². The summed E-state index contributed by atoms with van der Waals surface area (Å²) in [5.41, 5.74) is 3.38. The highest BCUT2D eigenvalue weighted by Gasteiger charge is 2.53. The molecule has 0 amide bonds. The zero-order valence-corrected chi connectivity index (χ0v) is 16.6. The molecule has 1 saturated carbocycles. The summed E-state index contributed by atoms with van der Waals surface area (Å²) in [5.74, 6) is 2.13. The van der Waals surface area contributed by atoms with Crippen LogP contribution in [0.2, 0.25) is 0 Å². The Morgan fingerprint density at radius 3 is 2.63 bits per heavy atom. The van der Waals surface area contributed by atoms with Crippen LogP contribution in [0.3, 0.4) is 0 Å². The lowest BCUT2D eigenvalue weighted by molar-refractivity contribution is 0.00276. The summed E-state index contributed by atoms with van der Waals surface area (Å²) in [6.07, 6.45) is 7.81. The summed E-state index contributed by atoms with van der Waals surface area (Å²) in [4.78, 5) is 2.60. The van der Waals surface area contributed by atoms with Crippen molar-refractivity contribution in [3.8, 4) is 11.5 Å². The fourth-order valence-electron chi connectivity index (χ4n) is 5.88. The van der Waals surface area contributed by atoms with E-state index in [1.54, 1.807) is 12.1 Å². The van der Waals surface area contributed by atoms with Gasteiger partial charge in [-0.25, -0.2) is 4.39 Å². The zero-order valence-electron chi connectivity index (χ0n) is 15.8. The molecule has 144 valence electrons. The standard InChI is InChI=1S/C23H26FNO.ClH/c1-25-13-12-23-11-3-2-4-20(23)22(25)14-16-5-8-19(15-21(16)23)26-18-9-6-17(24)7-10-18;/h5-10,15,20,22H,2-4,11-14H2,1H3;1H/t20-,22+,23+;/m0./s1. The molecular formula is C23H27ClFNO. The number of likely N-dealkylation sites (N-methyl/N-ethyl adjacent to an activating group) is 1. The Balaban J connectivity index is 0.00000180. The molecule has 0 aromatic heterocycles. The van der Waals surface area contributed by atoms with E-state index in [-0.39, 0.29) is 18.2 Å². The molecule has 2 bridgehead atoms. The van der Waals surface area contributed by atoms with Crippen LogP contribution >= 0.6 is 12.4 Å². The van der Waals surface area contributed by atoms with E-state index in [9.17, 15) is 4.39 Å². The predicted molar refractivity (Wildman–Crippen MR) is 109 cm³/mol. The molecule has 1 aliphatic heterocycles. The molecule has 5 rings (SSSR count). The lowest BCUT2D eigenvalue weighted by Gasteiger charge is -2.58. The van der Waals surface area contributed by atoms with Gasteiger partial charge >= 0.3 is 0 Å². The molecular weight excluding hydrogens is 361 g/mol. The molecule has 2 aromatic carbocycles. The van der Waals surface area contributed by atoms with Gasteiger partial charge < -0.3 is 9.64 Å². The molecule has 2 aromatic rings. The monoisotopic (exact) mass is 387 g/mol. The minimum absolute atomic E-state index is 0. The van der Waals surface area contributed by atoms with Gasteiger partial charge in [0, 0.05) is 11.5 Å². The number of likely N-dealkylation sites (tertiary alicyclic amines) is 1. The molecule has 0 unspecified atom stereocenters. The topological polar surface area (TPSA) is 12.5 Å². The summed E-state index contributed by atoms with van der Waals surface area (Å²) in [6, 6.07) is 13.6. The van der Waals surface area contributed by atoms with Gasteiger partial charge in [-0.15, -0.1) is 12.4 Å². The maximum atomic E-state index is 13.1. The third-order valence-corrected chi connectivity index (χ3v) is 7.14. The average Bonchev–Trinajstić information content (AvgIpc) is 2.67. The van der Waals surface area contributed by atoms with E-state index < -0.39 is 0 Å². The number of rotatable bonds is 2. The number of nitrogens with zero attached hydrogens (tertiary/aromatic N) is 1. The van der Waals surface area contributed by atoms with Crippen molar-refractivity contribution < 1.29 is 9.13 Å². The number of benzene rings is 2. The summed E-state index contributed by atoms with van der Waals surface area (Å²) in [6.45, 7) is 1.20. The van der Waals surface area contributed by atoms with Crippen LogP contribution in [0.5, 0.6) is 11.5 Å². The Morgan fingerprint density at radius 1 is 1.04 bits per heavy atom. The lowest BCUT2D eigenvalue weighted by Crippen LogP contribution is -2.59. The number of fused-ring (bicyclic) bond motifs is 1. The fourth-order valence-corrected chi connectivity index (χ4v) is 5.88. The molecule has 4 heteroatoms. The second kappa shape index (κ2) is 7.10. The molecule has 2 nitrogen and oxygen atoms in total. The number of ether oxygens (including phenoxy) is 1. The van der Waals surface area contributed by atoms with Gasteiger partial charge in [-0.1, -0.05) is 18.9 Å². The van der Waals surface area contributed by atoms with Crippen LogP contribution in [0.15, 0.2) is 42.5 Å². The summed E-state index contributed by atoms with van der Waals surface area (Å²) < 4.78 is 19.2. The maximum Gasteiger partial charge on any atom is 0.127 e. The van der Waals surface area contributed by atoms with E-state index in [1.165, 1.54) is 61.9 Å². The first-order valence-electron chi connectivity index (χ1n) is 9.93. The molecule has 2 fully saturated rings. The van der Waals surface area contributed by atoms with E-state index in [0.717, 1.165) is 18.1 Å². The van der Waals surface area contributed by atoms with E-state index in [0.29, 0.717) is 17.2 Å². The maximum absolute atomic E-state index is 13.1. The van der Waals surface area contributed by atoms with Gasteiger partial charge in [-0.05, 0) is 92.7 Å². The summed E-state index contributed by atoms with van der Waals surface area (Å²) in [7, 11) is 2.31. The van der Waals surface area contributed by atoms with Gasteiger partial charge in [0.15, 0.2) is 0 Å². The van der Waals surface area contributed by atoms with Gasteiger partial charge in [0.25, 0.3) is 0 Å². The Hall–Kier alpha value is -1.58. The Labute approximate surface area is 167 Å². The molecule has 3 aliphatic rings. The normalized spacial score (nSPS) is 29.3. The van der Waals surface area contributed by atoms with Crippen LogP contribution in [0.1, 0.15) is 43.2 Å². The van der Waals surface area contributed by atoms with Gasteiger partial charge in [0.1, 0.15) is 17.3 Å². The van der Waals surface area contributed by atoms with Crippen molar-refractivity contribution >= 4 is 12.4 Å². The number of halogens is 2. The number of hydrogen-bond acceptors (Lipinski definition) is 2. The Morgan fingerprint density at radius 2 is 1.81 bits per heavy atom. The average molecular weight is 388 g/mol. The van der Waals surface area contributed by atoms with Crippen molar-refractivity contribution in [2.75, 3.05) is 13.6 Å². The predicted octanol–water partition coefficient (Wildman–Crippen LogP) is 5.73. The van der Waals surface area contributed by atoms with Gasteiger partial charge in [0.05, 0.1) is 0 Å². The molecule has 1 saturated heterocycles. The van der Waals surface area contributed by atoms with Crippen LogP contribution in [-0.2, 0) is 11.8 Å². The van der Waals surface area contributed by atoms with E-state index in [4.69, 9.17) is 4.74 Å². The van der Waals surface area contributed by atoms with Crippen LogP contribution < -0.4 is 4.74 Å². The number of piperidine rings is 1. The van der Waals surface area contributed by atoms with Crippen LogP contribution in [0, 0.1) is 11.7 Å². The highest BCUT2D eigenvalue weighted by atomic mass is 35.5. The van der Waals surface area contributed by atoms with Crippen molar-refractivity contribution in [3.05, 3.63) is 59.4 Å². The first-order valence-corrected chi connectivity index (χ1v) is 9.93. The minimum Gasteiger partial charge on any atom is -0.457 e. The third kappa shape index (κ3) is 3.05. The van der Waals surface area contributed by atoms with E-state index in [2.05, 4.69) is 30.1 Å². The second-order valence-corrected chi connectivity index (χ2v) is 8.39. The highest BCUT2D eigenvalue weighted by Crippen LogP contribution is 2.56. The molecule has 3 atom stereocenters. The first-order chi connectivity index (χ1) is 12.7. The minimum atomic E-state index is -0.232. The summed E-state index contributed by atoms with van der Waals surface area (Å²) in [5, 5.41) is 0. The van der Waals surface area contributed by atoms with Crippen LogP contribution in [0.4, 0.5) is 4.39 Å². The molecule has 0 spiro atoms. The molecule has 27 heavy (non-hydrogen) atoms. The molecule has 0 radical (unpaired) electrons. The molecule has 1 heterocycles. The molecule has 0 N–H and O–H groups in total. The van der Waals surface area contributed by atoms with Gasteiger partial charge in [0.2, 0.25) is 0 Å². The first kappa shape index (κ1) is 18.8. The van der Waals surface area contributed by atoms with Crippen molar-refractivity contribution in [2.24, 2.45) is 5.92 Å². The lowest BCUT2D eigenvalue weighted by atomic mass is 9.52. The van der Waals surface area contributed by atoms with Crippen LogP contribution in [-0.4, -0.2) is 24.5 Å². The van der Waals surface area contributed by atoms with Gasteiger partial charge in [-0.2, -0.15) is 0 Å². The highest BCUT2D eigenvalue weighted by molar-refractivity contribution is 5.85. The Kier molecular flexibility index (Phi) is 4.94. The third-order valence-electron chi connectivity index (χ3n) is 7.14. The van der Waals surface area contributed by atoms with E-state index >= 15 is 0 Å². The second-order valence-electron chi connectivity index (χ2n) is 8.39. The van der Waals surface area contributed by atoms with Crippen molar-refractivity contribution in [1.29, 1.82) is 0 Å². The largest absolute Gasteiger partial charge is 0.457 e. The van der Waals surface area contributed by atoms with Crippen LogP contribution in [0.25, 0.3) is 0 Å².